The third-order valence-electron chi connectivity index (χ3n) is 13.6. The van der Waals surface area contributed by atoms with Gasteiger partial charge < -0.3 is 10.7 Å². The minimum absolute atomic E-state index is 0.370. The SMILES string of the molecule is N=C(/C=C(\N=Cc1cccc(/C(C(=N)c2ccccc2)=C2/NC(c3ccccc3)=Cc3ccccc32)c1)c1ccc2c(c1)C1(c3ccccc3-c3ccccc31)c1ccccc1-2)c1ccccc1. The lowest BCUT2D eigenvalue weighted by molar-refractivity contribution is 0.793. The fourth-order valence-corrected chi connectivity index (χ4v) is 10.6. The van der Waals surface area contributed by atoms with Crippen LogP contribution in [-0.4, -0.2) is 17.6 Å². The summed E-state index contributed by atoms with van der Waals surface area (Å²) in [6, 6.07) is 80.1. The van der Waals surface area contributed by atoms with Gasteiger partial charge in [-0.05, 0) is 96.6 Å². The normalized spacial score (nSPS) is 14.5. The number of allylic oxidation sites excluding steroid dienone is 2. The monoisotopic (exact) mass is 868 g/mol. The molecule has 1 aliphatic heterocycles. The predicted molar refractivity (Wildman–Crippen MR) is 282 cm³/mol. The van der Waals surface area contributed by atoms with E-state index in [1.165, 1.54) is 44.5 Å². The first-order valence-electron chi connectivity index (χ1n) is 23.0. The van der Waals surface area contributed by atoms with E-state index in [1.807, 2.05) is 97.2 Å². The summed E-state index contributed by atoms with van der Waals surface area (Å²) in [4.78, 5) is 5.31. The van der Waals surface area contributed by atoms with Crippen molar-refractivity contribution in [3.63, 3.8) is 0 Å². The molecular weight excluding hydrogens is 825 g/mol. The predicted octanol–water partition coefficient (Wildman–Crippen LogP) is 14.6. The fraction of sp³-hybridized carbons (Fsp3) is 0.0156. The van der Waals surface area contributed by atoms with Gasteiger partial charge in [-0.25, -0.2) is 0 Å². The number of rotatable bonds is 9. The second kappa shape index (κ2) is 16.8. The van der Waals surface area contributed by atoms with E-state index in [4.69, 9.17) is 4.99 Å². The molecule has 0 fully saturated rings. The fourth-order valence-electron chi connectivity index (χ4n) is 10.6. The maximum Gasteiger partial charge on any atom is 0.0725 e. The first-order chi connectivity index (χ1) is 33.6. The molecule has 0 saturated carbocycles. The highest BCUT2D eigenvalue weighted by molar-refractivity contribution is 6.36. The number of hydrogen-bond acceptors (Lipinski definition) is 4. The van der Waals surface area contributed by atoms with Crippen molar-refractivity contribution in [1.82, 2.24) is 5.32 Å². The van der Waals surface area contributed by atoms with E-state index in [0.717, 1.165) is 61.5 Å². The molecule has 3 N–H and O–H groups in total. The Hall–Kier alpha value is -8.99. The van der Waals surface area contributed by atoms with Crippen LogP contribution in [0.3, 0.4) is 0 Å². The molecule has 12 rings (SSSR count). The van der Waals surface area contributed by atoms with Gasteiger partial charge in [0, 0.05) is 34.2 Å². The summed E-state index contributed by atoms with van der Waals surface area (Å²) >= 11 is 0. The average molecular weight is 869 g/mol. The molecule has 4 nitrogen and oxygen atoms in total. The van der Waals surface area contributed by atoms with Crippen molar-refractivity contribution in [1.29, 1.82) is 10.8 Å². The maximum absolute atomic E-state index is 9.87. The summed E-state index contributed by atoms with van der Waals surface area (Å²) in [5, 5.41) is 23.1. The zero-order chi connectivity index (χ0) is 45.6. The third-order valence-corrected chi connectivity index (χ3v) is 13.6. The molecule has 3 aliphatic rings. The quantitative estimate of drug-likeness (QED) is 0.124. The van der Waals surface area contributed by atoms with Crippen LogP contribution in [0.25, 0.3) is 51.0 Å². The Balaban J connectivity index is 1.01. The van der Waals surface area contributed by atoms with Crippen LogP contribution in [0.1, 0.15) is 66.8 Å². The molecule has 0 amide bonds. The Labute approximate surface area is 396 Å². The highest BCUT2D eigenvalue weighted by Crippen LogP contribution is 2.62. The van der Waals surface area contributed by atoms with E-state index in [9.17, 15) is 10.8 Å². The summed E-state index contributed by atoms with van der Waals surface area (Å²) in [6.45, 7) is 0. The average Bonchev–Trinajstić information content (AvgIpc) is 3.88. The molecule has 4 heteroatoms. The molecule has 0 atom stereocenters. The molecule has 9 aromatic carbocycles. The minimum Gasteiger partial charge on any atom is -0.354 e. The van der Waals surface area contributed by atoms with E-state index < -0.39 is 5.41 Å². The Morgan fingerprint density at radius 2 is 0.971 bits per heavy atom. The van der Waals surface area contributed by atoms with E-state index in [1.54, 1.807) is 0 Å². The van der Waals surface area contributed by atoms with Gasteiger partial charge in [0.05, 0.1) is 28.2 Å². The molecular formula is C64H44N4. The van der Waals surface area contributed by atoms with E-state index in [0.29, 0.717) is 17.1 Å². The van der Waals surface area contributed by atoms with E-state index >= 15 is 0 Å². The number of hydrogen-bond donors (Lipinski definition) is 3. The third kappa shape index (κ3) is 6.73. The van der Waals surface area contributed by atoms with Crippen molar-refractivity contribution < 1.29 is 0 Å². The van der Waals surface area contributed by atoms with Gasteiger partial charge >= 0.3 is 0 Å². The number of nitrogens with one attached hydrogen (secondary N) is 3. The zero-order valence-corrected chi connectivity index (χ0v) is 37.1. The van der Waals surface area contributed by atoms with Crippen molar-refractivity contribution >= 4 is 46.4 Å². The molecule has 1 heterocycles. The first-order valence-corrected chi connectivity index (χ1v) is 23.0. The maximum atomic E-state index is 9.87. The molecule has 0 radical (unpaired) electrons. The van der Waals surface area contributed by atoms with E-state index in [2.05, 4.69) is 157 Å². The van der Waals surface area contributed by atoms with Crippen LogP contribution in [0.5, 0.6) is 0 Å². The number of benzene rings is 9. The standard InChI is InChI=1S/C64H44N4/c65-58(43-20-4-1-5-21-43)40-59(47-35-36-53-52-31-14-17-34-56(52)64(57(53)38-47)54-32-15-12-29-50(54)51-30-13-16-33-55(51)64)67-41-42-19-18-27-48(37-42)61(62(66)45-24-8-3-9-25-45)63-49-28-11-10-26-46(49)39-60(68-63)44-22-6-2-7-23-44/h1-41,65-66,68H/b59-40-,63-61-,65-58?,66-62?,67-41?. The van der Waals surface area contributed by atoms with Gasteiger partial charge in [-0.15, -0.1) is 0 Å². The molecule has 0 saturated heterocycles. The summed E-state index contributed by atoms with van der Waals surface area (Å²) in [5.41, 5.74) is 21.0. The molecule has 0 unspecified atom stereocenters. The van der Waals surface area contributed by atoms with Crippen molar-refractivity contribution in [2.45, 2.75) is 5.41 Å². The smallest absolute Gasteiger partial charge is 0.0725 e. The Kier molecular flexibility index (Phi) is 10.00. The minimum atomic E-state index is -0.514. The highest BCUT2D eigenvalue weighted by atomic mass is 14.9. The van der Waals surface area contributed by atoms with Crippen LogP contribution in [0, 0.1) is 10.8 Å². The van der Waals surface area contributed by atoms with Gasteiger partial charge in [0.1, 0.15) is 0 Å². The van der Waals surface area contributed by atoms with Crippen molar-refractivity contribution in [2.24, 2.45) is 4.99 Å². The van der Waals surface area contributed by atoms with E-state index in [-0.39, 0.29) is 0 Å². The summed E-state index contributed by atoms with van der Waals surface area (Å²) in [5.74, 6) is 0. The molecule has 68 heavy (non-hydrogen) atoms. The van der Waals surface area contributed by atoms with Gasteiger partial charge in [0.15, 0.2) is 0 Å². The van der Waals surface area contributed by atoms with Crippen LogP contribution >= 0.6 is 0 Å². The van der Waals surface area contributed by atoms with Crippen LogP contribution < -0.4 is 5.32 Å². The summed E-state index contributed by atoms with van der Waals surface area (Å²) in [7, 11) is 0. The molecule has 9 aromatic rings. The van der Waals surface area contributed by atoms with Gasteiger partial charge in [0.2, 0.25) is 0 Å². The van der Waals surface area contributed by atoms with Crippen LogP contribution in [0.15, 0.2) is 242 Å². The topological polar surface area (TPSA) is 72.1 Å². The zero-order valence-electron chi connectivity index (χ0n) is 37.1. The Bertz CT molecular complexity index is 3550. The van der Waals surface area contributed by atoms with Crippen LogP contribution in [0.4, 0.5) is 0 Å². The van der Waals surface area contributed by atoms with Gasteiger partial charge in [0.25, 0.3) is 0 Å². The molecule has 0 aromatic heterocycles. The second-order valence-electron chi connectivity index (χ2n) is 17.5. The Morgan fingerprint density at radius 3 is 1.62 bits per heavy atom. The van der Waals surface area contributed by atoms with Crippen LogP contribution in [-0.2, 0) is 5.41 Å². The summed E-state index contributed by atoms with van der Waals surface area (Å²) in [6.07, 6.45) is 5.98. The number of aliphatic imine (C=N–C) groups is 1. The van der Waals surface area contributed by atoms with Gasteiger partial charge in [-0.2, -0.15) is 0 Å². The Morgan fingerprint density at radius 1 is 0.441 bits per heavy atom. The lowest BCUT2D eigenvalue weighted by atomic mass is 9.70. The number of nitrogens with zero attached hydrogens (tertiary/aromatic N) is 1. The van der Waals surface area contributed by atoms with Crippen LogP contribution in [0.2, 0.25) is 0 Å². The summed E-state index contributed by atoms with van der Waals surface area (Å²) < 4.78 is 0. The van der Waals surface area contributed by atoms with Crippen molar-refractivity contribution in [3.8, 4) is 22.3 Å². The molecule has 320 valence electrons. The van der Waals surface area contributed by atoms with Gasteiger partial charge in [-0.3, -0.25) is 10.4 Å². The van der Waals surface area contributed by atoms with Gasteiger partial charge in [-0.1, -0.05) is 218 Å². The molecule has 2 aliphatic carbocycles. The molecule has 0 bridgehead atoms. The van der Waals surface area contributed by atoms with Crippen molar-refractivity contribution in [2.75, 3.05) is 0 Å². The van der Waals surface area contributed by atoms with Crippen molar-refractivity contribution in [3.05, 3.63) is 303 Å². The first kappa shape index (κ1) is 40.5. The largest absolute Gasteiger partial charge is 0.354 e. The highest BCUT2D eigenvalue weighted by Gasteiger charge is 2.51. The lowest BCUT2D eigenvalue weighted by Crippen LogP contribution is -2.25. The second-order valence-corrected chi connectivity index (χ2v) is 17.5. The number of fused-ring (bicyclic) bond motifs is 11. The molecule has 1 spiro atoms. The lowest BCUT2D eigenvalue weighted by Gasteiger charge is -2.30.